The first kappa shape index (κ1) is 10.4. The van der Waals surface area contributed by atoms with Crippen LogP contribution in [-0.4, -0.2) is 23.3 Å². The maximum atomic E-state index is 11.5. The van der Waals surface area contributed by atoms with Crippen molar-refractivity contribution in [2.45, 2.75) is 6.04 Å². The molecule has 0 amide bonds. The van der Waals surface area contributed by atoms with Crippen molar-refractivity contribution in [1.29, 1.82) is 0 Å². The zero-order valence-corrected chi connectivity index (χ0v) is 8.46. The lowest BCUT2D eigenvalue weighted by atomic mass is 9.98. The van der Waals surface area contributed by atoms with Gasteiger partial charge in [0, 0.05) is 0 Å². The Morgan fingerprint density at radius 2 is 1.75 bits per heavy atom. The Morgan fingerprint density at radius 1 is 1.06 bits per heavy atom. The smallest absolute Gasteiger partial charge is 0.202 e. The van der Waals surface area contributed by atoms with Gasteiger partial charge >= 0.3 is 0 Å². The summed E-state index contributed by atoms with van der Waals surface area (Å²) in [5.41, 5.74) is 6.32. The average Bonchev–Trinajstić information content (AvgIpc) is 2.31. The summed E-state index contributed by atoms with van der Waals surface area (Å²) in [6.07, 6.45) is 2.39. The number of carbonyl (C=O) groups excluding carboxylic acids is 2. The maximum Gasteiger partial charge on any atom is 0.202 e. The van der Waals surface area contributed by atoms with Gasteiger partial charge in [0.05, 0.1) is 5.69 Å². The molecule has 0 radical (unpaired) electrons. The first-order valence-electron chi connectivity index (χ1n) is 4.84. The Balaban J connectivity index is 2.40. The lowest BCUT2D eigenvalue weighted by molar-refractivity contribution is -0.116. The van der Waals surface area contributed by atoms with Gasteiger partial charge in [-0.2, -0.15) is 0 Å². The fraction of sp³-hybridized carbons (Fsp3) is 0.0833. The Morgan fingerprint density at radius 3 is 2.44 bits per heavy atom. The highest BCUT2D eigenvalue weighted by Gasteiger charge is 2.26. The standard InChI is InChI=1S/C12H10N2O2/c13-11-9(15)6-7-10(16)12(11)14-8-4-2-1-3-5-8/h1-7,11H,13H2. The van der Waals surface area contributed by atoms with Crippen LogP contribution in [0.25, 0.3) is 0 Å². The van der Waals surface area contributed by atoms with Gasteiger partial charge in [-0.1, -0.05) is 18.2 Å². The molecule has 0 saturated carbocycles. The summed E-state index contributed by atoms with van der Waals surface area (Å²) in [5.74, 6) is -0.606. The molecule has 0 fully saturated rings. The van der Waals surface area contributed by atoms with Crippen molar-refractivity contribution >= 4 is 23.0 Å². The van der Waals surface area contributed by atoms with Crippen LogP contribution < -0.4 is 5.73 Å². The molecular formula is C12H10N2O2. The van der Waals surface area contributed by atoms with Crippen LogP contribution in [0.4, 0.5) is 5.69 Å². The van der Waals surface area contributed by atoms with Gasteiger partial charge in [-0.25, -0.2) is 4.99 Å². The highest BCUT2D eigenvalue weighted by atomic mass is 16.1. The van der Waals surface area contributed by atoms with Crippen molar-refractivity contribution in [2.24, 2.45) is 10.7 Å². The summed E-state index contributed by atoms with van der Waals surface area (Å²) in [5, 5.41) is 0. The van der Waals surface area contributed by atoms with Crippen molar-refractivity contribution in [3.05, 3.63) is 42.5 Å². The molecule has 16 heavy (non-hydrogen) atoms. The summed E-state index contributed by atoms with van der Waals surface area (Å²) in [6.45, 7) is 0. The van der Waals surface area contributed by atoms with Crippen molar-refractivity contribution in [3.8, 4) is 0 Å². The molecule has 1 aliphatic carbocycles. The lowest BCUT2D eigenvalue weighted by Crippen LogP contribution is -2.44. The van der Waals surface area contributed by atoms with Crippen molar-refractivity contribution in [1.82, 2.24) is 0 Å². The van der Waals surface area contributed by atoms with Gasteiger partial charge in [-0.05, 0) is 24.3 Å². The SMILES string of the molecule is NC1C(=O)C=CC(=O)C1=Nc1ccccc1. The number of para-hydroxylation sites is 1. The van der Waals surface area contributed by atoms with Crippen LogP contribution in [0.15, 0.2) is 47.5 Å². The van der Waals surface area contributed by atoms with E-state index in [2.05, 4.69) is 4.99 Å². The molecule has 0 heterocycles. The van der Waals surface area contributed by atoms with E-state index < -0.39 is 6.04 Å². The molecule has 80 valence electrons. The number of nitrogens with two attached hydrogens (primary N) is 1. The van der Waals surface area contributed by atoms with Gasteiger partial charge in [-0.3, -0.25) is 9.59 Å². The second-order valence-corrected chi connectivity index (χ2v) is 3.41. The summed E-state index contributed by atoms with van der Waals surface area (Å²) in [7, 11) is 0. The van der Waals surface area contributed by atoms with Crippen molar-refractivity contribution in [2.75, 3.05) is 0 Å². The highest BCUT2D eigenvalue weighted by Crippen LogP contribution is 2.13. The molecule has 1 unspecified atom stereocenters. The fourth-order valence-corrected chi connectivity index (χ4v) is 1.40. The minimum Gasteiger partial charge on any atom is -0.316 e. The van der Waals surface area contributed by atoms with Crippen LogP contribution in [0.1, 0.15) is 0 Å². The molecule has 1 atom stereocenters. The molecule has 1 aromatic rings. The molecule has 0 spiro atoms. The summed E-state index contributed by atoms with van der Waals surface area (Å²) >= 11 is 0. The van der Waals surface area contributed by atoms with Gasteiger partial charge in [-0.15, -0.1) is 0 Å². The Kier molecular flexibility index (Phi) is 2.74. The molecule has 2 N–H and O–H groups in total. The molecule has 4 heteroatoms. The predicted octanol–water partition coefficient (Wildman–Crippen LogP) is 0.794. The third-order valence-electron chi connectivity index (χ3n) is 2.26. The Labute approximate surface area is 92.5 Å². The monoisotopic (exact) mass is 214 g/mol. The zero-order chi connectivity index (χ0) is 11.5. The molecule has 1 aliphatic rings. The van der Waals surface area contributed by atoms with E-state index >= 15 is 0 Å². The number of ketones is 2. The number of allylic oxidation sites excluding steroid dienone is 1. The molecule has 2 rings (SSSR count). The quantitative estimate of drug-likeness (QED) is 0.751. The van der Waals surface area contributed by atoms with E-state index in [9.17, 15) is 9.59 Å². The first-order chi connectivity index (χ1) is 7.68. The minimum absolute atomic E-state index is 0.0960. The summed E-state index contributed by atoms with van der Waals surface area (Å²) < 4.78 is 0. The first-order valence-corrected chi connectivity index (χ1v) is 4.84. The molecule has 0 bridgehead atoms. The number of carbonyl (C=O) groups is 2. The Bertz CT molecular complexity index is 489. The van der Waals surface area contributed by atoms with E-state index in [1.54, 1.807) is 24.3 Å². The van der Waals surface area contributed by atoms with Crippen LogP contribution >= 0.6 is 0 Å². The van der Waals surface area contributed by atoms with Crippen molar-refractivity contribution < 1.29 is 9.59 Å². The second-order valence-electron chi connectivity index (χ2n) is 3.41. The number of benzene rings is 1. The van der Waals surface area contributed by atoms with E-state index in [4.69, 9.17) is 5.73 Å². The topological polar surface area (TPSA) is 72.5 Å². The number of aliphatic imine (C=N–C) groups is 1. The largest absolute Gasteiger partial charge is 0.316 e. The van der Waals surface area contributed by atoms with E-state index in [0.717, 1.165) is 0 Å². The lowest BCUT2D eigenvalue weighted by Gasteiger charge is -2.13. The average molecular weight is 214 g/mol. The van der Waals surface area contributed by atoms with Crippen LogP contribution in [0, 0.1) is 0 Å². The van der Waals surface area contributed by atoms with Gasteiger partial charge in [0.1, 0.15) is 11.8 Å². The fourth-order valence-electron chi connectivity index (χ4n) is 1.40. The normalized spacial score (nSPS) is 22.8. The van der Waals surface area contributed by atoms with Crippen LogP contribution in [0.5, 0.6) is 0 Å². The molecule has 0 aliphatic heterocycles. The van der Waals surface area contributed by atoms with Gasteiger partial charge in [0.25, 0.3) is 0 Å². The number of hydrogen-bond donors (Lipinski definition) is 1. The number of rotatable bonds is 1. The second kappa shape index (κ2) is 4.20. The molecular weight excluding hydrogens is 204 g/mol. The minimum atomic E-state index is -0.947. The van der Waals surface area contributed by atoms with Crippen LogP contribution in [0.2, 0.25) is 0 Å². The molecule has 0 saturated heterocycles. The third-order valence-corrected chi connectivity index (χ3v) is 2.26. The molecule has 4 nitrogen and oxygen atoms in total. The maximum absolute atomic E-state index is 11.5. The predicted molar refractivity (Wildman–Crippen MR) is 60.7 cm³/mol. The third kappa shape index (κ3) is 1.97. The molecule has 0 aromatic heterocycles. The highest BCUT2D eigenvalue weighted by molar-refractivity contribution is 6.52. The van der Waals surface area contributed by atoms with Crippen LogP contribution in [0.3, 0.4) is 0 Å². The van der Waals surface area contributed by atoms with E-state index in [1.165, 1.54) is 12.2 Å². The summed E-state index contributed by atoms with van der Waals surface area (Å²) in [4.78, 5) is 26.9. The van der Waals surface area contributed by atoms with E-state index in [-0.39, 0.29) is 17.3 Å². The zero-order valence-electron chi connectivity index (χ0n) is 8.46. The van der Waals surface area contributed by atoms with Crippen LogP contribution in [-0.2, 0) is 9.59 Å². The van der Waals surface area contributed by atoms with Gasteiger partial charge < -0.3 is 5.73 Å². The summed E-state index contributed by atoms with van der Waals surface area (Å²) in [6, 6.07) is 7.99. The number of hydrogen-bond acceptors (Lipinski definition) is 4. The Hall–Kier alpha value is -2.07. The van der Waals surface area contributed by atoms with E-state index in [1.807, 2.05) is 6.07 Å². The number of nitrogens with zero attached hydrogens (tertiary/aromatic N) is 1. The van der Waals surface area contributed by atoms with E-state index in [0.29, 0.717) is 5.69 Å². The van der Waals surface area contributed by atoms with Crippen molar-refractivity contribution in [3.63, 3.8) is 0 Å². The molecule has 1 aromatic carbocycles. The van der Waals surface area contributed by atoms with Gasteiger partial charge in [0.2, 0.25) is 5.78 Å². The van der Waals surface area contributed by atoms with Gasteiger partial charge in [0.15, 0.2) is 5.78 Å².